The summed E-state index contributed by atoms with van der Waals surface area (Å²) < 4.78 is 0. The molecule has 23 heavy (non-hydrogen) atoms. The maximum atomic E-state index is 13.0. The van der Waals surface area contributed by atoms with Crippen LogP contribution in [0.15, 0.2) is 36.5 Å². The average molecular weight is 309 g/mol. The number of carbonyl (C=O) groups excluding carboxylic acids is 1. The zero-order chi connectivity index (χ0) is 15.7. The third-order valence-corrected chi connectivity index (χ3v) is 5.52. The van der Waals surface area contributed by atoms with Gasteiger partial charge in [0.2, 0.25) is 5.91 Å². The molecule has 0 spiro atoms. The molecule has 1 atom stereocenters. The number of carbonyl (C=O) groups is 1. The number of aromatic amines is 1. The summed E-state index contributed by atoms with van der Waals surface area (Å²) in [5, 5.41) is 10.5. The number of rotatable bonds is 4. The minimum atomic E-state index is -0.209. The zero-order valence-electron chi connectivity index (χ0n) is 13.3. The molecule has 2 aromatic rings. The van der Waals surface area contributed by atoms with Crippen LogP contribution >= 0.6 is 0 Å². The van der Waals surface area contributed by atoms with Gasteiger partial charge in [0.05, 0.1) is 23.3 Å². The fourth-order valence-electron chi connectivity index (χ4n) is 3.99. The van der Waals surface area contributed by atoms with Gasteiger partial charge in [-0.1, -0.05) is 36.8 Å². The molecule has 2 N–H and O–H groups in total. The van der Waals surface area contributed by atoms with Crippen molar-refractivity contribution in [1.82, 2.24) is 15.5 Å². The van der Waals surface area contributed by atoms with Crippen molar-refractivity contribution in [3.63, 3.8) is 0 Å². The first-order valence-corrected chi connectivity index (χ1v) is 8.64. The van der Waals surface area contributed by atoms with Crippen LogP contribution in [0.5, 0.6) is 0 Å². The van der Waals surface area contributed by atoms with Gasteiger partial charge in [-0.3, -0.25) is 9.89 Å². The molecular formula is C19H23N3O. The van der Waals surface area contributed by atoms with Crippen molar-refractivity contribution in [1.29, 1.82) is 0 Å². The number of hydrogen-bond acceptors (Lipinski definition) is 2. The molecule has 1 fully saturated rings. The molecule has 1 aromatic carbocycles. The molecule has 0 aliphatic heterocycles. The van der Waals surface area contributed by atoms with Gasteiger partial charge in [0.25, 0.3) is 0 Å². The van der Waals surface area contributed by atoms with E-state index in [0.29, 0.717) is 0 Å². The van der Waals surface area contributed by atoms with Gasteiger partial charge in [-0.2, -0.15) is 5.10 Å². The topological polar surface area (TPSA) is 57.8 Å². The Bertz CT molecular complexity index is 688. The second-order valence-electron chi connectivity index (χ2n) is 7.02. The van der Waals surface area contributed by atoms with E-state index in [2.05, 4.69) is 39.8 Å². The lowest BCUT2D eigenvalue weighted by molar-refractivity contribution is -0.137. The smallest absolute Gasteiger partial charge is 0.227 e. The number of aromatic nitrogens is 2. The molecule has 1 amide bonds. The number of benzene rings is 1. The fraction of sp³-hybridized carbons (Fsp3) is 0.474. The van der Waals surface area contributed by atoms with Crippen molar-refractivity contribution in [2.75, 3.05) is 0 Å². The van der Waals surface area contributed by atoms with Gasteiger partial charge in [-0.25, -0.2) is 0 Å². The van der Waals surface area contributed by atoms with Crippen LogP contribution in [-0.4, -0.2) is 16.1 Å². The molecule has 0 saturated heterocycles. The van der Waals surface area contributed by atoms with E-state index in [1.54, 1.807) is 0 Å². The quantitative estimate of drug-likeness (QED) is 0.910. The summed E-state index contributed by atoms with van der Waals surface area (Å²) in [4.78, 5) is 13.0. The van der Waals surface area contributed by atoms with Crippen LogP contribution in [-0.2, 0) is 17.6 Å². The highest BCUT2D eigenvalue weighted by Crippen LogP contribution is 2.44. The number of nitrogens with one attached hydrogen (secondary N) is 2. The zero-order valence-corrected chi connectivity index (χ0v) is 13.3. The third kappa shape index (κ3) is 2.67. The van der Waals surface area contributed by atoms with Crippen LogP contribution in [0.25, 0.3) is 0 Å². The molecule has 0 bridgehead atoms. The predicted molar refractivity (Wildman–Crippen MR) is 88.8 cm³/mol. The van der Waals surface area contributed by atoms with Crippen molar-refractivity contribution in [3.05, 3.63) is 53.3 Å². The van der Waals surface area contributed by atoms with Crippen LogP contribution in [0.3, 0.4) is 0 Å². The summed E-state index contributed by atoms with van der Waals surface area (Å²) >= 11 is 0. The highest BCUT2D eigenvalue weighted by atomic mass is 16.2. The Morgan fingerprint density at radius 2 is 2.09 bits per heavy atom. The first-order valence-electron chi connectivity index (χ1n) is 8.64. The summed E-state index contributed by atoms with van der Waals surface area (Å²) in [7, 11) is 0. The maximum absolute atomic E-state index is 13.0. The number of fused-ring (bicyclic) bond motifs is 1. The highest BCUT2D eigenvalue weighted by Gasteiger charge is 2.44. The van der Waals surface area contributed by atoms with E-state index in [-0.39, 0.29) is 17.4 Å². The molecule has 2 aliphatic carbocycles. The lowest BCUT2D eigenvalue weighted by Crippen LogP contribution is -2.48. The number of amides is 1. The molecule has 1 saturated carbocycles. The molecule has 1 unspecified atom stereocenters. The SMILES string of the molecule is O=C(NC1CCCc2cn[nH]c21)C1(Cc2ccccc2)CCC1. The Labute approximate surface area is 136 Å². The number of H-pyrrole nitrogens is 1. The normalized spacial score (nSPS) is 22.0. The number of aryl methyl sites for hydroxylation is 1. The third-order valence-electron chi connectivity index (χ3n) is 5.52. The van der Waals surface area contributed by atoms with Gasteiger partial charge in [0, 0.05) is 0 Å². The van der Waals surface area contributed by atoms with Gasteiger partial charge in [-0.15, -0.1) is 0 Å². The van der Waals surface area contributed by atoms with Crippen LogP contribution in [0.4, 0.5) is 0 Å². The molecule has 1 aromatic heterocycles. The molecule has 4 heteroatoms. The van der Waals surface area contributed by atoms with Gasteiger partial charge >= 0.3 is 0 Å². The Morgan fingerprint density at radius 3 is 2.83 bits per heavy atom. The second-order valence-corrected chi connectivity index (χ2v) is 7.02. The van der Waals surface area contributed by atoms with Gasteiger partial charge < -0.3 is 5.32 Å². The van der Waals surface area contributed by atoms with Crippen molar-refractivity contribution >= 4 is 5.91 Å². The van der Waals surface area contributed by atoms with E-state index in [1.807, 2.05) is 12.3 Å². The molecule has 120 valence electrons. The Kier molecular flexibility index (Phi) is 3.68. The Hall–Kier alpha value is -2.10. The summed E-state index contributed by atoms with van der Waals surface area (Å²) in [6.07, 6.45) is 9.07. The minimum absolute atomic E-state index is 0.0991. The van der Waals surface area contributed by atoms with Gasteiger partial charge in [0.1, 0.15) is 0 Å². The average Bonchev–Trinajstić information content (AvgIpc) is 3.01. The van der Waals surface area contributed by atoms with E-state index in [1.165, 1.54) is 11.1 Å². The Morgan fingerprint density at radius 1 is 1.26 bits per heavy atom. The van der Waals surface area contributed by atoms with Crippen LogP contribution < -0.4 is 5.32 Å². The lowest BCUT2D eigenvalue weighted by atomic mass is 9.64. The predicted octanol–water partition coefficient (Wildman–Crippen LogP) is 3.32. The summed E-state index contributed by atoms with van der Waals surface area (Å²) in [6.45, 7) is 0. The molecular weight excluding hydrogens is 286 g/mol. The van der Waals surface area contributed by atoms with Crippen molar-refractivity contribution in [3.8, 4) is 0 Å². The van der Waals surface area contributed by atoms with E-state index in [4.69, 9.17) is 0 Å². The summed E-state index contributed by atoms with van der Waals surface area (Å²) in [5.41, 5.74) is 3.41. The molecule has 4 nitrogen and oxygen atoms in total. The van der Waals surface area contributed by atoms with Gasteiger partial charge in [0.15, 0.2) is 0 Å². The van der Waals surface area contributed by atoms with E-state index < -0.39 is 0 Å². The molecule has 2 aliphatic rings. The van der Waals surface area contributed by atoms with Crippen molar-refractivity contribution < 1.29 is 4.79 Å². The molecule has 4 rings (SSSR count). The largest absolute Gasteiger partial charge is 0.347 e. The van der Waals surface area contributed by atoms with Crippen molar-refractivity contribution in [2.24, 2.45) is 5.41 Å². The minimum Gasteiger partial charge on any atom is -0.347 e. The monoisotopic (exact) mass is 309 g/mol. The number of nitrogens with zero attached hydrogens (tertiary/aromatic N) is 1. The van der Waals surface area contributed by atoms with Crippen LogP contribution in [0.2, 0.25) is 0 Å². The lowest BCUT2D eigenvalue weighted by Gasteiger charge is -2.41. The molecule has 0 radical (unpaired) electrons. The highest BCUT2D eigenvalue weighted by molar-refractivity contribution is 5.84. The first-order chi connectivity index (χ1) is 11.3. The number of hydrogen-bond donors (Lipinski definition) is 2. The standard InChI is InChI=1S/C19H23N3O/c23-18(21-16-9-4-8-15-13-20-22-17(15)16)19(10-5-11-19)12-14-6-2-1-3-7-14/h1-3,6-7,13,16H,4-5,8-12H2,(H,20,22)(H,21,23). The Balaban J connectivity index is 1.50. The molecule has 1 heterocycles. The van der Waals surface area contributed by atoms with E-state index in [0.717, 1.165) is 50.6 Å². The maximum Gasteiger partial charge on any atom is 0.227 e. The summed E-state index contributed by atoms with van der Waals surface area (Å²) in [6, 6.07) is 10.5. The van der Waals surface area contributed by atoms with Crippen LogP contribution in [0, 0.1) is 5.41 Å². The van der Waals surface area contributed by atoms with E-state index in [9.17, 15) is 4.79 Å². The van der Waals surface area contributed by atoms with Gasteiger partial charge in [-0.05, 0) is 49.7 Å². The second kappa shape index (κ2) is 5.84. The first kappa shape index (κ1) is 14.5. The summed E-state index contributed by atoms with van der Waals surface area (Å²) in [5.74, 6) is 0.222. The fourth-order valence-corrected chi connectivity index (χ4v) is 3.99. The van der Waals surface area contributed by atoms with Crippen LogP contribution in [0.1, 0.15) is 55.0 Å². The van der Waals surface area contributed by atoms with Crippen molar-refractivity contribution in [2.45, 2.75) is 51.0 Å². The van der Waals surface area contributed by atoms with E-state index >= 15 is 0 Å².